The first kappa shape index (κ1) is 28.9. The van der Waals surface area contributed by atoms with Crippen LogP contribution < -0.4 is 14.4 Å². The zero-order chi connectivity index (χ0) is 29.1. The van der Waals surface area contributed by atoms with Crippen LogP contribution in [0.15, 0.2) is 54.6 Å². The number of benzene rings is 3. The summed E-state index contributed by atoms with van der Waals surface area (Å²) in [7, 11) is 1.70. The summed E-state index contributed by atoms with van der Waals surface area (Å²) in [6.07, 6.45) is 8.36. The van der Waals surface area contributed by atoms with Crippen molar-refractivity contribution in [2.75, 3.05) is 44.8 Å². The molecule has 2 aliphatic carbocycles. The van der Waals surface area contributed by atoms with Crippen molar-refractivity contribution in [1.29, 1.82) is 0 Å². The van der Waals surface area contributed by atoms with E-state index in [1.54, 1.807) is 25.3 Å². The zero-order valence-electron chi connectivity index (χ0n) is 25.2. The van der Waals surface area contributed by atoms with Gasteiger partial charge in [-0.05, 0) is 122 Å². The quantitative estimate of drug-likeness (QED) is 0.275. The lowest BCUT2D eigenvalue weighted by Crippen LogP contribution is -2.32. The lowest BCUT2D eigenvalue weighted by molar-refractivity contribution is 0.193. The molecule has 1 N–H and O–H groups in total. The Morgan fingerprint density at radius 2 is 1.71 bits per heavy atom. The van der Waals surface area contributed by atoms with Crippen LogP contribution in [0.1, 0.15) is 67.2 Å². The molecule has 2 heterocycles. The normalized spacial score (nSPS) is 21.9. The van der Waals surface area contributed by atoms with E-state index in [0.29, 0.717) is 30.6 Å². The van der Waals surface area contributed by atoms with Crippen LogP contribution in [0, 0.1) is 17.7 Å². The molecule has 0 spiro atoms. The molecule has 1 saturated carbocycles. The minimum Gasteiger partial charge on any atom is -0.508 e. The van der Waals surface area contributed by atoms with Gasteiger partial charge in [-0.25, -0.2) is 4.39 Å². The van der Waals surface area contributed by atoms with Crippen molar-refractivity contribution in [3.05, 3.63) is 82.7 Å². The molecule has 42 heavy (non-hydrogen) atoms. The third kappa shape index (κ3) is 6.54. The lowest BCUT2D eigenvalue weighted by atomic mass is 9.79. The van der Waals surface area contributed by atoms with Gasteiger partial charge in [0.25, 0.3) is 0 Å². The van der Waals surface area contributed by atoms with Crippen LogP contribution in [0.4, 0.5) is 10.1 Å². The molecule has 2 bridgehead atoms. The average Bonchev–Trinajstić information content (AvgIpc) is 3.33. The second-order valence-corrected chi connectivity index (χ2v) is 12.6. The number of hydrogen-bond acceptors (Lipinski definition) is 5. The molecule has 3 fully saturated rings. The molecule has 3 aromatic carbocycles. The molecular weight excluding hydrogens is 527 g/mol. The molecule has 4 aliphatic rings. The van der Waals surface area contributed by atoms with Crippen molar-refractivity contribution in [3.8, 4) is 17.2 Å². The van der Waals surface area contributed by atoms with Crippen LogP contribution in [0.2, 0.25) is 0 Å². The molecule has 7 rings (SSSR count). The molecule has 2 saturated heterocycles. The summed E-state index contributed by atoms with van der Waals surface area (Å²) in [4.78, 5) is 4.84. The van der Waals surface area contributed by atoms with Gasteiger partial charge in [-0.3, -0.25) is 4.90 Å². The SMILES string of the molecule is CCN(Cc1ccc(OCCN2CC3CCC(CC3)C2)c(F)c1)c1cc(OC)ccc1C1CCc2cc(O)ccc2C1. The predicted octanol–water partition coefficient (Wildman–Crippen LogP) is 7.34. The van der Waals surface area contributed by atoms with E-state index in [4.69, 9.17) is 9.47 Å². The number of anilines is 1. The van der Waals surface area contributed by atoms with Gasteiger partial charge >= 0.3 is 0 Å². The topological polar surface area (TPSA) is 45.2 Å². The number of fused-ring (bicyclic) bond motifs is 5. The van der Waals surface area contributed by atoms with E-state index >= 15 is 4.39 Å². The second kappa shape index (κ2) is 12.9. The number of aryl methyl sites for hydroxylation is 1. The number of nitrogens with zero attached hydrogens (tertiary/aromatic N) is 2. The monoisotopic (exact) mass is 572 g/mol. The van der Waals surface area contributed by atoms with Gasteiger partial charge in [0.05, 0.1) is 7.11 Å². The molecule has 1 atom stereocenters. The molecule has 0 aromatic heterocycles. The number of halogens is 1. The molecule has 1 unspecified atom stereocenters. The Morgan fingerprint density at radius 3 is 2.43 bits per heavy atom. The van der Waals surface area contributed by atoms with Crippen molar-refractivity contribution < 1.29 is 19.0 Å². The highest BCUT2D eigenvalue weighted by Gasteiger charge is 2.29. The van der Waals surface area contributed by atoms with Gasteiger partial charge in [0, 0.05) is 44.5 Å². The zero-order valence-corrected chi connectivity index (χ0v) is 25.2. The highest BCUT2D eigenvalue weighted by atomic mass is 19.1. The molecule has 5 nitrogen and oxygen atoms in total. The standard InChI is InChI=1S/C36H45FN2O3/c1-3-39(35-21-32(41-2)13-14-33(35)30-10-9-29-20-31(40)12-11-28(29)19-30)24-27-8-15-36(34(37)18-27)42-17-16-38-22-25-4-5-26(23-38)7-6-25/h8,11-15,18,20-21,25-26,30,40H,3-7,9-10,16-17,19,22-24H2,1-2H3. The molecule has 3 aromatic rings. The van der Waals surface area contributed by atoms with Gasteiger partial charge in [-0.1, -0.05) is 18.2 Å². The Balaban J connectivity index is 1.13. The number of phenols is 1. The van der Waals surface area contributed by atoms with Crippen molar-refractivity contribution in [3.63, 3.8) is 0 Å². The van der Waals surface area contributed by atoms with Crippen LogP contribution in [0.25, 0.3) is 0 Å². The average molecular weight is 573 g/mol. The van der Waals surface area contributed by atoms with E-state index in [-0.39, 0.29) is 5.82 Å². The van der Waals surface area contributed by atoms with Crippen LogP contribution in [-0.4, -0.2) is 49.9 Å². The second-order valence-electron chi connectivity index (χ2n) is 12.6. The Kier molecular flexibility index (Phi) is 8.89. The molecule has 2 aliphatic heterocycles. The fourth-order valence-electron chi connectivity index (χ4n) is 7.49. The van der Waals surface area contributed by atoms with Gasteiger partial charge < -0.3 is 19.5 Å². The number of ether oxygens (including phenoxy) is 2. The summed E-state index contributed by atoms with van der Waals surface area (Å²) in [5.41, 5.74) is 5.89. The highest BCUT2D eigenvalue weighted by molar-refractivity contribution is 5.60. The Bertz CT molecular complexity index is 1360. The first-order chi connectivity index (χ1) is 20.5. The van der Waals surface area contributed by atoms with Crippen LogP contribution >= 0.6 is 0 Å². The Labute approximate surface area is 250 Å². The van der Waals surface area contributed by atoms with E-state index in [1.165, 1.54) is 42.4 Å². The van der Waals surface area contributed by atoms with Gasteiger partial charge in [-0.15, -0.1) is 0 Å². The van der Waals surface area contributed by atoms with Crippen molar-refractivity contribution >= 4 is 5.69 Å². The van der Waals surface area contributed by atoms with Gasteiger partial charge in [-0.2, -0.15) is 0 Å². The number of phenolic OH excluding ortho intramolecular Hbond substituents is 1. The van der Waals surface area contributed by atoms with Gasteiger partial charge in [0.1, 0.15) is 18.1 Å². The Hall–Kier alpha value is -3.25. The molecule has 0 amide bonds. The van der Waals surface area contributed by atoms with E-state index in [1.807, 2.05) is 18.2 Å². The lowest BCUT2D eigenvalue weighted by Gasteiger charge is -2.32. The summed E-state index contributed by atoms with van der Waals surface area (Å²) in [6, 6.07) is 17.5. The van der Waals surface area contributed by atoms with Crippen LogP contribution in [0.3, 0.4) is 0 Å². The summed E-state index contributed by atoms with van der Waals surface area (Å²) in [6.45, 7) is 7.24. The fraction of sp³-hybridized carbons (Fsp3) is 0.500. The van der Waals surface area contributed by atoms with Crippen molar-refractivity contribution in [2.24, 2.45) is 11.8 Å². The number of hydrogen-bond donors (Lipinski definition) is 1. The largest absolute Gasteiger partial charge is 0.508 e. The van der Waals surface area contributed by atoms with Crippen molar-refractivity contribution in [2.45, 2.75) is 64.3 Å². The number of rotatable bonds is 10. The first-order valence-corrected chi connectivity index (χ1v) is 15.9. The van der Waals surface area contributed by atoms with E-state index < -0.39 is 0 Å². The minimum absolute atomic E-state index is 0.294. The number of aromatic hydroxyl groups is 1. The first-order valence-electron chi connectivity index (χ1n) is 15.9. The third-order valence-electron chi connectivity index (χ3n) is 9.85. The summed E-state index contributed by atoms with van der Waals surface area (Å²) >= 11 is 0. The maximum Gasteiger partial charge on any atom is 0.165 e. The number of methoxy groups -OCH3 is 1. The predicted molar refractivity (Wildman–Crippen MR) is 166 cm³/mol. The van der Waals surface area contributed by atoms with Gasteiger partial charge in [0.2, 0.25) is 0 Å². The molecule has 0 radical (unpaired) electrons. The van der Waals surface area contributed by atoms with Gasteiger partial charge in [0.15, 0.2) is 11.6 Å². The van der Waals surface area contributed by atoms with E-state index in [9.17, 15) is 5.11 Å². The maximum atomic E-state index is 15.2. The molecule has 6 heteroatoms. The van der Waals surface area contributed by atoms with E-state index in [2.05, 4.69) is 34.9 Å². The van der Waals surface area contributed by atoms with Crippen LogP contribution in [-0.2, 0) is 19.4 Å². The van der Waals surface area contributed by atoms with Crippen LogP contribution in [0.5, 0.6) is 17.2 Å². The maximum absolute atomic E-state index is 15.2. The third-order valence-corrected chi connectivity index (χ3v) is 9.85. The summed E-state index contributed by atoms with van der Waals surface area (Å²) < 4.78 is 26.8. The smallest absolute Gasteiger partial charge is 0.165 e. The molecular formula is C36H45FN2O3. The minimum atomic E-state index is -0.294. The summed E-state index contributed by atoms with van der Waals surface area (Å²) in [5.74, 6) is 3.22. The highest BCUT2D eigenvalue weighted by Crippen LogP contribution is 2.40. The summed E-state index contributed by atoms with van der Waals surface area (Å²) in [5, 5.41) is 9.92. The van der Waals surface area contributed by atoms with Crippen molar-refractivity contribution in [1.82, 2.24) is 4.90 Å². The van der Waals surface area contributed by atoms with E-state index in [0.717, 1.165) is 74.3 Å². The fourth-order valence-corrected chi connectivity index (χ4v) is 7.49. The molecule has 224 valence electrons. The Morgan fingerprint density at radius 1 is 0.929 bits per heavy atom.